The minimum Gasteiger partial charge on any atom is -0.465 e. The van der Waals surface area contributed by atoms with Crippen LogP contribution in [0.15, 0.2) is 18.2 Å². The fraction of sp³-hybridized carbons (Fsp3) is 0.500. The quantitative estimate of drug-likeness (QED) is 0.849. The number of carbonyl (C=O) groups is 1. The number of amides is 1. The van der Waals surface area contributed by atoms with Crippen molar-refractivity contribution in [2.45, 2.75) is 31.8 Å². The SMILES string of the molecule is O=C(O)NCCN(Cc1cccc(Cl)c1F)C1CCC1. The van der Waals surface area contributed by atoms with Gasteiger partial charge in [0.15, 0.2) is 0 Å². The van der Waals surface area contributed by atoms with E-state index in [0.717, 1.165) is 12.8 Å². The van der Waals surface area contributed by atoms with Crippen molar-refractivity contribution in [2.75, 3.05) is 13.1 Å². The number of benzene rings is 1. The van der Waals surface area contributed by atoms with Crippen molar-refractivity contribution >= 4 is 17.7 Å². The van der Waals surface area contributed by atoms with E-state index in [-0.39, 0.29) is 10.8 Å². The van der Waals surface area contributed by atoms with E-state index < -0.39 is 6.09 Å². The van der Waals surface area contributed by atoms with Crippen LogP contribution in [0.4, 0.5) is 9.18 Å². The van der Waals surface area contributed by atoms with Gasteiger partial charge in [-0.25, -0.2) is 9.18 Å². The Morgan fingerprint density at radius 1 is 1.50 bits per heavy atom. The van der Waals surface area contributed by atoms with Gasteiger partial charge in [-0.2, -0.15) is 0 Å². The summed E-state index contributed by atoms with van der Waals surface area (Å²) < 4.78 is 13.9. The summed E-state index contributed by atoms with van der Waals surface area (Å²) in [5.41, 5.74) is 0.555. The summed E-state index contributed by atoms with van der Waals surface area (Å²) in [4.78, 5) is 12.6. The number of hydrogen-bond acceptors (Lipinski definition) is 2. The number of rotatable bonds is 6. The second kappa shape index (κ2) is 6.90. The van der Waals surface area contributed by atoms with E-state index in [1.165, 1.54) is 12.5 Å². The first-order chi connectivity index (χ1) is 9.58. The van der Waals surface area contributed by atoms with E-state index in [9.17, 15) is 9.18 Å². The monoisotopic (exact) mass is 300 g/mol. The van der Waals surface area contributed by atoms with Crippen LogP contribution >= 0.6 is 11.6 Å². The van der Waals surface area contributed by atoms with Crippen molar-refractivity contribution in [1.29, 1.82) is 0 Å². The van der Waals surface area contributed by atoms with Crippen molar-refractivity contribution < 1.29 is 14.3 Å². The first-order valence-electron chi connectivity index (χ1n) is 6.71. The fourth-order valence-electron chi connectivity index (χ4n) is 2.34. The summed E-state index contributed by atoms with van der Waals surface area (Å²) in [5, 5.41) is 11.1. The molecule has 1 fully saturated rings. The van der Waals surface area contributed by atoms with Crippen LogP contribution in [0.25, 0.3) is 0 Å². The molecule has 2 rings (SSSR count). The van der Waals surface area contributed by atoms with Gasteiger partial charge < -0.3 is 10.4 Å². The van der Waals surface area contributed by atoms with Crippen LogP contribution in [0.3, 0.4) is 0 Å². The molecule has 0 bridgehead atoms. The van der Waals surface area contributed by atoms with E-state index in [2.05, 4.69) is 10.2 Å². The first kappa shape index (κ1) is 15.1. The molecule has 1 aromatic rings. The molecule has 0 unspecified atom stereocenters. The molecule has 1 aromatic carbocycles. The maximum atomic E-state index is 13.9. The predicted molar refractivity (Wildman–Crippen MR) is 75.5 cm³/mol. The van der Waals surface area contributed by atoms with Crippen LogP contribution in [0.2, 0.25) is 5.02 Å². The maximum Gasteiger partial charge on any atom is 0.404 e. The molecule has 1 aliphatic carbocycles. The van der Waals surface area contributed by atoms with E-state index >= 15 is 0 Å². The van der Waals surface area contributed by atoms with Crippen LogP contribution in [0.5, 0.6) is 0 Å². The zero-order valence-electron chi connectivity index (χ0n) is 11.1. The Balaban J connectivity index is 1.99. The van der Waals surface area contributed by atoms with Crippen LogP contribution in [0, 0.1) is 5.82 Å². The molecule has 110 valence electrons. The summed E-state index contributed by atoms with van der Waals surface area (Å²) in [6.07, 6.45) is 2.29. The van der Waals surface area contributed by atoms with E-state index in [1.807, 2.05) is 0 Å². The van der Waals surface area contributed by atoms with Gasteiger partial charge in [-0.05, 0) is 18.9 Å². The average Bonchev–Trinajstić information content (AvgIpc) is 2.32. The largest absolute Gasteiger partial charge is 0.465 e. The summed E-state index contributed by atoms with van der Waals surface area (Å²) in [6.45, 7) is 1.37. The number of carboxylic acid groups (broad SMARTS) is 1. The second-order valence-electron chi connectivity index (χ2n) is 5.00. The molecule has 0 saturated heterocycles. The van der Waals surface area contributed by atoms with Gasteiger partial charge >= 0.3 is 6.09 Å². The lowest BCUT2D eigenvalue weighted by molar-refractivity contribution is 0.118. The minimum atomic E-state index is -1.03. The van der Waals surface area contributed by atoms with Gasteiger partial charge in [0, 0.05) is 31.2 Å². The summed E-state index contributed by atoms with van der Waals surface area (Å²) in [5.74, 6) is -0.385. The van der Waals surface area contributed by atoms with E-state index in [0.29, 0.717) is 31.2 Å². The molecule has 6 heteroatoms. The molecule has 0 atom stereocenters. The zero-order chi connectivity index (χ0) is 14.5. The van der Waals surface area contributed by atoms with Crippen molar-refractivity contribution in [3.05, 3.63) is 34.6 Å². The van der Waals surface area contributed by atoms with Crippen LogP contribution in [0.1, 0.15) is 24.8 Å². The number of nitrogens with one attached hydrogen (secondary N) is 1. The molecule has 0 heterocycles. The van der Waals surface area contributed by atoms with Crippen LogP contribution < -0.4 is 5.32 Å². The number of hydrogen-bond donors (Lipinski definition) is 2. The number of nitrogens with zero attached hydrogens (tertiary/aromatic N) is 1. The molecule has 1 saturated carbocycles. The fourth-order valence-corrected chi connectivity index (χ4v) is 2.53. The summed E-state index contributed by atoms with van der Waals surface area (Å²) in [6, 6.07) is 5.39. The molecule has 0 radical (unpaired) electrons. The van der Waals surface area contributed by atoms with Gasteiger partial charge in [0.25, 0.3) is 0 Å². The Labute approximate surface area is 122 Å². The maximum absolute atomic E-state index is 13.9. The van der Waals surface area contributed by atoms with Crippen molar-refractivity contribution in [3.63, 3.8) is 0 Å². The van der Waals surface area contributed by atoms with Gasteiger partial charge in [0.1, 0.15) is 5.82 Å². The van der Waals surface area contributed by atoms with Gasteiger partial charge in [0.05, 0.1) is 5.02 Å². The molecular formula is C14H18ClFN2O2. The Morgan fingerprint density at radius 3 is 2.85 bits per heavy atom. The third-order valence-electron chi connectivity index (χ3n) is 3.67. The molecule has 0 aliphatic heterocycles. The highest BCUT2D eigenvalue weighted by Gasteiger charge is 2.25. The third kappa shape index (κ3) is 3.84. The molecular weight excluding hydrogens is 283 g/mol. The standard InChI is InChI=1S/C14H18ClFN2O2/c15-12-6-1-3-10(13(12)16)9-18(11-4-2-5-11)8-7-17-14(19)20/h1,3,6,11,17H,2,4-5,7-9H2,(H,19,20). The van der Waals surface area contributed by atoms with Gasteiger partial charge in [0.2, 0.25) is 0 Å². The van der Waals surface area contributed by atoms with E-state index in [4.69, 9.17) is 16.7 Å². The summed E-state index contributed by atoms with van der Waals surface area (Å²) >= 11 is 5.79. The highest BCUT2D eigenvalue weighted by Crippen LogP contribution is 2.27. The van der Waals surface area contributed by atoms with Crippen molar-refractivity contribution in [3.8, 4) is 0 Å². The topological polar surface area (TPSA) is 52.6 Å². The molecule has 1 aliphatic rings. The normalized spacial score (nSPS) is 15.2. The smallest absolute Gasteiger partial charge is 0.404 e. The van der Waals surface area contributed by atoms with Crippen molar-refractivity contribution in [2.24, 2.45) is 0 Å². The van der Waals surface area contributed by atoms with Gasteiger partial charge in [-0.1, -0.05) is 30.2 Å². The first-order valence-corrected chi connectivity index (χ1v) is 7.09. The minimum absolute atomic E-state index is 0.125. The van der Waals surface area contributed by atoms with Crippen molar-refractivity contribution in [1.82, 2.24) is 10.2 Å². The van der Waals surface area contributed by atoms with E-state index in [1.54, 1.807) is 12.1 Å². The van der Waals surface area contributed by atoms with Crippen LogP contribution in [-0.2, 0) is 6.54 Å². The molecule has 0 spiro atoms. The Bertz CT molecular complexity index is 480. The summed E-state index contributed by atoms with van der Waals surface area (Å²) in [7, 11) is 0. The number of halogens is 2. The zero-order valence-corrected chi connectivity index (χ0v) is 11.9. The Morgan fingerprint density at radius 2 is 2.25 bits per heavy atom. The highest BCUT2D eigenvalue weighted by molar-refractivity contribution is 6.30. The Hall–Kier alpha value is -1.33. The van der Waals surface area contributed by atoms with Gasteiger partial charge in [-0.15, -0.1) is 0 Å². The van der Waals surface area contributed by atoms with Gasteiger partial charge in [-0.3, -0.25) is 4.90 Å². The molecule has 0 aromatic heterocycles. The third-order valence-corrected chi connectivity index (χ3v) is 3.96. The molecule has 2 N–H and O–H groups in total. The average molecular weight is 301 g/mol. The second-order valence-corrected chi connectivity index (χ2v) is 5.41. The lowest BCUT2D eigenvalue weighted by Crippen LogP contribution is -2.43. The Kier molecular flexibility index (Phi) is 5.20. The predicted octanol–water partition coefficient (Wildman–Crippen LogP) is 3.10. The molecule has 20 heavy (non-hydrogen) atoms. The lowest BCUT2D eigenvalue weighted by atomic mass is 9.91. The molecule has 1 amide bonds. The lowest BCUT2D eigenvalue weighted by Gasteiger charge is -2.37. The highest BCUT2D eigenvalue weighted by atomic mass is 35.5. The molecule has 4 nitrogen and oxygen atoms in total. The van der Waals surface area contributed by atoms with Crippen LogP contribution in [-0.4, -0.2) is 35.2 Å².